The van der Waals surface area contributed by atoms with E-state index in [1.54, 1.807) is 0 Å². The van der Waals surface area contributed by atoms with E-state index in [4.69, 9.17) is 4.74 Å². The Hall–Kier alpha value is -0.380. The third-order valence-corrected chi connectivity index (χ3v) is 6.14. The molecule has 0 aromatic carbocycles. The maximum absolute atomic E-state index is 6.07. The zero-order chi connectivity index (χ0) is 14.6. The van der Waals surface area contributed by atoms with Gasteiger partial charge < -0.3 is 10.1 Å². The molecule has 2 rings (SSSR count). The summed E-state index contributed by atoms with van der Waals surface area (Å²) in [5.74, 6) is 0. The predicted molar refractivity (Wildman–Crippen MR) is 87.5 cm³/mol. The summed E-state index contributed by atoms with van der Waals surface area (Å²) >= 11 is 1.95. The first-order valence-corrected chi connectivity index (χ1v) is 8.92. The number of thiophene rings is 1. The van der Waals surface area contributed by atoms with Crippen LogP contribution in [0.3, 0.4) is 0 Å². The van der Waals surface area contributed by atoms with Gasteiger partial charge in [-0.2, -0.15) is 0 Å². The molecule has 1 saturated heterocycles. The van der Waals surface area contributed by atoms with Crippen molar-refractivity contribution in [2.24, 2.45) is 0 Å². The van der Waals surface area contributed by atoms with E-state index in [0.717, 1.165) is 38.7 Å². The van der Waals surface area contributed by atoms with E-state index in [1.165, 1.54) is 9.75 Å². The molecule has 0 aliphatic carbocycles. The van der Waals surface area contributed by atoms with E-state index in [9.17, 15) is 0 Å². The lowest BCUT2D eigenvalue weighted by Gasteiger charge is -2.41. The molecule has 1 N–H and O–H groups in total. The van der Waals surface area contributed by atoms with E-state index in [2.05, 4.69) is 45.1 Å². The van der Waals surface area contributed by atoms with Gasteiger partial charge in [0.05, 0.1) is 5.60 Å². The van der Waals surface area contributed by atoms with Crippen molar-refractivity contribution >= 4 is 11.3 Å². The van der Waals surface area contributed by atoms with Crippen molar-refractivity contribution in [2.45, 2.75) is 77.5 Å². The van der Waals surface area contributed by atoms with Gasteiger partial charge in [-0.1, -0.05) is 20.8 Å². The molecule has 2 nitrogen and oxygen atoms in total. The summed E-state index contributed by atoms with van der Waals surface area (Å²) in [5, 5.41) is 3.83. The number of ether oxygens (including phenoxy) is 1. The Bertz CT molecular complexity index is 411. The second-order valence-electron chi connectivity index (χ2n) is 5.97. The SMILES string of the molecule is CCc1ccc(C(C)NC2CCOC(CC)(CC)C2)s1. The average Bonchev–Trinajstić information content (AvgIpc) is 2.96. The van der Waals surface area contributed by atoms with Crippen molar-refractivity contribution in [3.8, 4) is 0 Å². The van der Waals surface area contributed by atoms with E-state index in [0.29, 0.717) is 12.1 Å². The van der Waals surface area contributed by atoms with Crippen LogP contribution >= 0.6 is 11.3 Å². The molecule has 0 amide bonds. The molecule has 3 heteroatoms. The second-order valence-corrected chi connectivity index (χ2v) is 7.17. The molecule has 0 bridgehead atoms. The first kappa shape index (κ1) is 16.0. The molecule has 2 heterocycles. The van der Waals surface area contributed by atoms with Crippen LogP contribution in [0.2, 0.25) is 0 Å². The van der Waals surface area contributed by atoms with E-state index >= 15 is 0 Å². The number of aryl methyl sites for hydroxylation is 1. The van der Waals surface area contributed by atoms with Crippen molar-refractivity contribution in [1.29, 1.82) is 0 Å². The highest BCUT2D eigenvalue weighted by molar-refractivity contribution is 7.12. The fourth-order valence-corrected chi connectivity index (χ4v) is 4.13. The highest BCUT2D eigenvalue weighted by atomic mass is 32.1. The minimum Gasteiger partial charge on any atom is -0.375 e. The van der Waals surface area contributed by atoms with Crippen LogP contribution in [0.25, 0.3) is 0 Å². The summed E-state index contributed by atoms with van der Waals surface area (Å²) in [6, 6.07) is 5.60. The fourth-order valence-electron chi connectivity index (χ4n) is 3.17. The van der Waals surface area contributed by atoms with Crippen molar-refractivity contribution in [3.05, 3.63) is 21.9 Å². The standard InChI is InChI=1S/C17H29NOS/c1-5-15-8-9-16(20-15)13(4)18-14-10-11-19-17(6-2,7-3)12-14/h8-9,13-14,18H,5-7,10-12H2,1-4H3. The Morgan fingerprint density at radius 3 is 2.70 bits per heavy atom. The quantitative estimate of drug-likeness (QED) is 0.821. The summed E-state index contributed by atoms with van der Waals surface area (Å²) < 4.78 is 6.07. The van der Waals surface area contributed by atoms with E-state index in [1.807, 2.05) is 11.3 Å². The fraction of sp³-hybridized carbons (Fsp3) is 0.765. The third kappa shape index (κ3) is 3.63. The minimum absolute atomic E-state index is 0.111. The molecule has 2 atom stereocenters. The molecular formula is C17H29NOS. The number of nitrogens with one attached hydrogen (secondary N) is 1. The van der Waals surface area contributed by atoms with Gasteiger partial charge in [-0.3, -0.25) is 0 Å². The molecule has 1 aliphatic rings. The molecule has 0 radical (unpaired) electrons. The lowest BCUT2D eigenvalue weighted by molar-refractivity contribution is -0.0939. The molecule has 1 aromatic heterocycles. The van der Waals surface area contributed by atoms with Gasteiger partial charge in [-0.05, 0) is 51.2 Å². The van der Waals surface area contributed by atoms with Gasteiger partial charge in [0.2, 0.25) is 0 Å². The van der Waals surface area contributed by atoms with Crippen LogP contribution < -0.4 is 5.32 Å². The van der Waals surface area contributed by atoms with Crippen molar-refractivity contribution in [1.82, 2.24) is 5.32 Å². The molecule has 1 fully saturated rings. The van der Waals surface area contributed by atoms with Crippen LogP contribution in [-0.4, -0.2) is 18.2 Å². The normalized spacial score (nSPS) is 23.7. The summed E-state index contributed by atoms with van der Waals surface area (Å²) in [5.41, 5.74) is 0.111. The largest absolute Gasteiger partial charge is 0.375 e. The first-order valence-electron chi connectivity index (χ1n) is 8.11. The van der Waals surface area contributed by atoms with Crippen molar-refractivity contribution < 1.29 is 4.74 Å². The van der Waals surface area contributed by atoms with Gasteiger partial charge in [0.25, 0.3) is 0 Å². The molecule has 114 valence electrons. The van der Waals surface area contributed by atoms with Crippen LogP contribution in [0.1, 0.15) is 69.2 Å². The first-order chi connectivity index (χ1) is 9.62. The Morgan fingerprint density at radius 2 is 2.10 bits per heavy atom. The number of hydrogen-bond acceptors (Lipinski definition) is 3. The molecule has 1 aromatic rings. The van der Waals surface area contributed by atoms with Gasteiger partial charge in [0, 0.05) is 28.4 Å². The molecule has 0 spiro atoms. The lowest BCUT2D eigenvalue weighted by atomic mass is 9.85. The van der Waals surface area contributed by atoms with E-state index < -0.39 is 0 Å². The lowest BCUT2D eigenvalue weighted by Crippen LogP contribution is -2.46. The average molecular weight is 295 g/mol. The van der Waals surface area contributed by atoms with Gasteiger partial charge in [-0.15, -0.1) is 11.3 Å². The number of rotatable bonds is 6. The van der Waals surface area contributed by atoms with Crippen LogP contribution in [0.4, 0.5) is 0 Å². The zero-order valence-corrected chi connectivity index (χ0v) is 14.2. The van der Waals surface area contributed by atoms with Crippen molar-refractivity contribution in [3.63, 3.8) is 0 Å². The topological polar surface area (TPSA) is 21.3 Å². The maximum Gasteiger partial charge on any atom is 0.0692 e. The molecule has 2 unspecified atom stereocenters. The van der Waals surface area contributed by atoms with Gasteiger partial charge in [-0.25, -0.2) is 0 Å². The van der Waals surface area contributed by atoms with Crippen LogP contribution in [0, 0.1) is 0 Å². The highest BCUT2D eigenvalue weighted by Crippen LogP contribution is 2.33. The third-order valence-electron chi connectivity index (χ3n) is 4.73. The van der Waals surface area contributed by atoms with Crippen LogP contribution in [0.15, 0.2) is 12.1 Å². The molecule has 1 aliphatic heterocycles. The number of hydrogen-bond donors (Lipinski definition) is 1. The van der Waals surface area contributed by atoms with E-state index in [-0.39, 0.29) is 5.60 Å². The Labute approximate surface area is 127 Å². The van der Waals surface area contributed by atoms with Crippen LogP contribution in [-0.2, 0) is 11.2 Å². The predicted octanol–water partition coefficient (Wildman–Crippen LogP) is 4.70. The van der Waals surface area contributed by atoms with Gasteiger partial charge >= 0.3 is 0 Å². The monoisotopic (exact) mass is 295 g/mol. The van der Waals surface area contributed by atoms with Crippen molar-refractivity contribution in [2.75, 3.05) is 6.61 Å². The smallest absolute Gasteiger partial charge is 0.0692 e. The Morgan fingerprint density at radius 1 is 1.35 bits per heavy atom. The Balaban J connectivity index is 1.95. The summed E-state index contributed by atoms with van der Waals surface area (Å²) in [4.78, 5) is 2.95. The van der Waals surface area contributed by atoms with Gasteiger partial charge in [0.1, 0.15) is 0 Å². The highest BCUT2D eigenvalue weighted by Gasteiger charge is 2.34. The zero-order valence-electron chi connectivity index (χ0n) is 13.4. The van der Waals surface area contributed by atoms with Crippen LogP contribution in [0.5, 0.6) is 0 Å². The molecule has 20 heavy (non-hydrogen) atoms. The molecular weight excluding hydrogens is 266 g/mol. The molecule has 0 saturated carbocycles. The Kier molecular flexibility index (Phi) is 5.65. The summed E-state index contributed by atoms with van der Waals surface area (Å²) in [6.45, 7) is 9.92. The minimum atomic E-state index is 0.111. The summed E-state index contributed by atoms with van der Waals surface area (Å²) in [6.07, 6.45) is 5.67. The summed E-state index contributed by atoms with van der Waals surface area (Å²) in [7, 11) is 0. The van der Waals surface area contributed by atoms with Gasteiger partial charge in [0.15, 0.2) is 0 Å². The second kappa shape index (κ2) is 7.06. The maximum atomic E-state index is 6.07.